The quantitative estimate of drug-likeness (QED) is 0.585. The van der Waals surface area contributed by atoms with Crippen molar-refractivity contribution in [1.82, 2.24) is 0 Å². The van der Waals surface area contributed by atoms with Gasteiger partial charge in [-0.3, -0.25) is 4.79 Å². The van der Waals surface area contributed by atoms with Crippen LogP contribution < -0.4 is 0 Å². The average molecular weight is 104 g/mol. The van der Waals surface area contributed by atoms with Gasteiger partial charge in [0.25, 0.3) is 0 Å². The molecule has 7 heavy (non-hydrogen) atoms. The molecule has 0 aliphatic heterocycles. The van der Waals surface area contributed by atoms with Crippen LogP contribution in [0.2, 0.25) is 0 Å². The normalized spacial score (nSPS) is 13.3. The van der Waals surface area contributed by atoms with Crippen molar-refractivity contribution >= 4 is 5.97 Å². The molecule has 0 aromatic carbocycles. The molecule has 0 rings (SSSR count). The third-order valence-corrected chi connectivity index (χ3v) is 0.595. The molecule has 0 atom stereocenters. The Morgan fingerprint density at radius 2 is 2.71 bits per heavy atom. The summed E-state index contributed by atoms with van der Waals surface area (Å²) in [7, 11) is 0. The van der Waals surface area contributed by atoms with Crippen LogP contribution in [0.25, 0.3) is 0 Å². The van der Waals surface area contributed by atoms with Gasteiger partial charge in [-0.05, 0) is 6.42 Å². The molecule has 1 N–H and O–H groups in total. The Hall–Kier alpha value is -0.530. The van der Waals surface area contributed by atoms with Crippen molar-refractivity contribution in [2.24, 2.45) is 0 Å². The summed E-state index contributed by atoms with van der Waals surface area (Å²) < 4.78 is 13.4. The summed E-state index contributed by atoms with van der Waals surface area (Å²) in [5.74, 6) is -0.851. The molecule has 0 amide bonds. The summed E-state index contributed by atoms with van der Waals surface area (Å²) in [5, 5.41) is 8.10. The topological polar surface area (TPSA) is 37.3 Å². The fourth-order valence-electron chi connectivity index (χ4n) is 0.253. The molecular weight excluding hydrogens is 92.1 g/mol. The summed E-state index contributed by atoms with van der Waals surface area (Å²) >= 11 is 0. The lowest BCUT2D eigenvalue weighted by Crippen LogP contribution is -1.91. The standard InChI is InChI=1S/C5H10O2/c1-2-3-4-5(6)7/h2-4H2,1H3,(H,6,7)/i1D2. The van der Waals surface area contributed by atoms with Crippen molar-refractivity contribution in [2.45, 2.75) is 26.1 Å². The summed E-state index contributed by atoms with van der Waals surface area (Å²) in [6, 6.07) is 0. The van der Waals surface area contributed by atoms with Gasteiger partial charge < -0.3 is 5.11 Å². The maximum absolute atomic E-state index is 9.86. The van der Waals surface area contributed by atoms with Crippen molar-refractivity contribution < 1.29 is 12.6 Å². The SMILES string of the molecule is [2H]C([2H])CCCC(=O)O. The third kappa shape index (κ3) is 5.47. The van der Waals surface area contributed by atoms with Crippen LogP contribution in [0.1, 0.15) is 28.9 Å². The Morgan fingerprint density at radius 3 is 3.14 bits per heavy atom. The van der Waals surface area contributed by atoms with Gasteiger partial charge >= 0.3 is 5.97 Å². The Balaban J connectivity index is 3.01. The monoisotopic (exact) mass is 104 g/mol. The van der Waals surface area contributed by atoms with Crippen LogP contribution in [-0.2, 0) is 4.79 Å². The van der Waals surface area contributed by atoms with Crippen molar-refractivity contribution in [3.8, 4) is 0 Å². The molecule has 0 aliphatic carbocycles. The van der Waals surface area contributed by atoms with E-state index in [0.29, 0.717) is 12.8 Å². The molecule has 0 aromatic rings. The number of carbonyl (C=O) groups is 1. The van der Waals surface area contributed by atoms with Gasteiger partial charge in [-0.2, -0.15) is 0 Å². The third-order valence-electron chi connectivity index (χ3n) is 0.595. The number of aliphatic carboxylic acids is 1. The first-order valence-corrected chi connectivity index (χ1v) is 2.19. The van der Waals surface area contributed by atoms with E-state index < -0.39 is 12.8 Å². The first-order chi connectivity index (χ1) is 4.13. The smallest absolute Gasteiger partial charge is 0.303 e. The first-order valence-electron chi connectivity index (χ1n) is 3.34. The van der Waals surface area contributed by atoms with Crippen molar-refractivity contribution in [2.75, 3.05) is 0 Å². The van der Waals surface area contributed by atoms with E-state index >= 15 is 0 Å². The molecule has 0 spiro atoms. The van der Waals surface area contributed by atoms with Crippen LogP contribution in [0.4, 0.5) is 0 Å². The van der Waals surface area contributed by atoms with E-state index in [9.17, 15) is 4.79 Å². The highest BCUT2D eigenvalue weighted by Crippen LogP contribution is 1.91. The fourth-order valence-corrected chi connectivity index (χ4v) is 0.253. The average Bonchev–Trinajstić information content (AvgIpc) is 1.63. The highest BCUT2D eigenvalue weighted by Gasteiger charge is 1.90. The van der Waals surface area contributed by atoms with E-state index in [-0.39, 0.29) is 6.42 Å². The number of hydrogen-bond donors (Lipinski definition) is 1. The Bertz CT molecular complexity index is 93.0. The van der Waals surface area contributed by atoms with E-state index in [1.54, 1.807) is 0 Å². The van der Waals surface area contributed by atoms with Crippen molar-refractivity contribution in [1.29, 1.82) is 0 Å². The van der Waals surface area contributed by atoms with Gasteiger partial charge in [-0.25, -0.2) is 0 Å². The minimum Gasteiger partial charge on any atom is -0.481 e. The molecule has 2 heteroatoms. The lowest BCUT2D eigenvalue weighted by molar-refractivity contribution is -0.137. The molecule has 42 valence electrons. The minimum absolute atomic E-state index is 0.0776. The second-order valence-electron chi connectivity index (χ2n) is 1.29. The van der Waals surface area contributed by atoms with E-state index in [2.05, 4.69) is 0 Å². The maximum atomic E-state index is 9.86. The van der Waals surface area contributed by atoms with E-state index in [1.807, 2.05) is 0 Å². The maximum Gasteiger partial charge on any atom is 0.303 e. The molecule has 0 radical (unpaired) electrons. The van der Waals surface area contributed by atoms with E-state index in [4.69, 9.17) is 7.85 Å². The summed E-state index contributed by atoms with van der Waals surface area (Å²) in [4.78, 5) is 9.86. The minimum atomic E-state index is -0.871. The van der Waals surface area contributed by atoms with Gasteiger partial charge in [0.15, 0.2) is 0 Å². The fraction of sp³-hybridized carbons (Fsp3) is 0.800. The van der Waals surface area contributed by atoms with Crippen LogP contribution in [0.15, 0.2) is 0 Å². The summed E-state index contributed by atoms with van der Waals surface area (Å²) in [6.45, 7) is -0.871. The molecule has 2 nitrogen and oxygen atoms in total. The van der Waals surface area contributed by atoms with Crippen molar-refractivity contribution in [3.63, 3.8) is 0 Å². The molecule has 0 aliphatic rings. The van der Waals surface area contributed by atoms with Crippen LogP contribution in [0.5, 0.6) is 0 Å². The molecule has 0 saturated carbocycles. The molecule has 0 saturated heterocycles. The molecule has 0 aromatic heterocycles. The lowest BCUT2D eigenvalue weighted by atomic mass is 10.3. The zero-order chi connectivity index (χ0) is 7.28. The van der Waals surface area contributed by atoms with Gasteiger partial charge in [-0.1, -0.05) is 13.3 Å². The molecular formula is C5H10O2. The largest absolute Gasteiger partial charge is 0.481 e. The highest BCUT2D eigenvalue weighted by molar-refractivity contribution is 5.66. The zero-order valence-corrected chi connectivity index (χ0v) is 4.05. The number of carboxylic acids is 1. The summed E-state index contributed by atoms with van der Waals surface area (Å²) in [6.07, 6.45) is 0.869. The Kier molecular flexibility index (Phi) is 1.81. The molecule has 0 heterocycles. The predicted molar refractivity (Wildman–Crippen MR) is 27.2 cm³/mol. The summed E-state index contributed by atoms with van der Waals surface area (Å²) in [5.41, 5.74) is 0. The van der Waals surface area contributed by atoms with Crippen LogP contribution >= 0.6 is 0 Å². The molecule has 0 unspecified atom stereocenters. The van der Waals surface area contributed by atoms with E-state index in [1.165, 1.54) is 0 Å². The predicted octanol–water partition coefficient (Wildman–Crippen LogP) is 1.26. The Morgan fingerprint density at radius 1 is 2.00 bits per heavy atom. The van der Waals surface area contributed by atoms with Gasteiger partial charge in [0, 0.05) is 9.16 Å². The van der Waals surface area contributed by atoms with Gasteiger partial charge in [0.05, 0.1) is 0 Å². The second-order valence-corrected chi connectivity index (χ2v) is 1.29. The lowest BCUT2D eigenvalue weighted by Gasteiger charge is -1.85. The highest BCUT2D eigenvalue weighted by atomic mass is 16.4. The van der Waals surface area contributed by atoms with Gasteiger partial charge in [0.2, 0.25) is 0 Å². The van der Waals surface area contributed by atoms with Gasteiger partial charge in [-0.15, -0.1) is 0 Å². The van der Waals surface area contributed by atoms with Crippen molar-refractivity contribution in [3.05, 3.63) is 0 Å². The number of rotatable bonds is 3. The number of hydrogen-bond acceptors (Lipinski definition) is 1. The molecule has 0 bridgehead atoms. The van der Waals surface area contributed by atoms with Gasteiger partial charge in [0.1, 0.15) is 0 Å². The number of carboxylic acid groups (broad SMARTS) is 1. The zero-order valence-electron chi connectivity index (χ0n) is 6.05. The molecule has 0 fully saturated rings. The van der Waals surface area contributed by atoms with Crippen LogP contribution in [0.3, 0.4) is 0 Å². The van der Waals surface area contributed by atoms with Crippen LogP contribution in [-0.4, -0.2) is 11.1 Å². The Labute approximate surface area is 46.0 Å². The first kappa shape index (κ1) is 3.47. The van der Waals surface area contributed by atoms with Crippen LogP contribution in [0, 0.1) is 0 Å². The second kappa shape index (κ2) is 3.65. The van der Waals surface area contributed by atoms with E-state index in [0.717, 1.165) is 0 Å².